The first-order valence-electron chi connectivity index (χ1n) is 12.1. The van der Waals surface area contributed by atoms with E-state index in [1.54, 1.807) is 35.5 Å². The maximum absolute atomic E-state index is 13.6. The Morgan fingerprint density at radius 3 is 2.64 bits per heavy atom. The summed E-state index contributed by atoms with van der Waals surface area (Å²) < 4.78 is 11.3. The second kappa shape index (κ2) is 12.9. The van der Waals surface area contributed by atoms with Crippen molar-refractivity contribution in [3.63, 3.8) is 0 Å². The number of methoxy groups -OCH3 is 1. The number of carbonyl (C=O) groups is 2. The number of benzene rings is 2. The molecule has 0 fully saturated rings. The van der Waals surface area contributed by atoms with Crippen molar-refractivity contribution in [2.75, 3.05) is 40.0 Å². The quantitative estimate of drug-likeness (QED) is 0.329. The molecular formula is C28H31ClN2O4S. The largest absolute Gasteiger partial charge is 0.491 e. The second-order valence-electron chi connectivity index (χ2n) is 8.74. The maximum Gasteiger partial charge on any atom is 0.242 e. The van der Waals surface area contributed by atoms with E-state index in [1.165, 1.54) is 4.88 Å². The summed E-state index contributed by atoms with van der Waals surface area (Å²) in [5.41, 5.74) is 2.05. The number of nitrogens with zero attached hydrogens (tertiary/aromatic N) is 2. The molecule has 0 spiro atoms. The minimum Gasteiger partial charge on any atom is -0.491 e. The summed E-state index contributed by atoms with van der Waals surface area (Å²) in [5.74, 6) is 0.566. The van der Waals surface area contributed by atoms with Crippen molar-refractivity contribution in [3.8, 4) is 5.75 Å². The van der Waals surface area contributed by atoms with Gasteiger partial charge in [-0.1, -0.05) is 41.9 Å². The predicted molar refractivity (Wildman–Crippen MR) is 143 cm³/mol. The first-order valence-corrected chi connectivity index (χ1v) is 13.4. The number of ether oxygens (including phenoxy) is 2. The summed E-state index contributed by atoms with van der Waals surface area (Å²) in [6, 6.07) is 18.7. The number of halogens is 1. The normalized spacial score (nSPS) is 14.8. The molecule has 0 bridgehead atoms. The smallest absolute Gasteiger partial charge is 0.242 e. The average Bonchev–Trinajstić information content (AvgIpc) is 3.37. The van der Waals surface area contributed by atoms with E-state index < -0.39 is 0 Å². The second-order valence-corrected chi connectivity index (χ2v) is 10.2. The molecule has 3 aromatic rings. The Kier molecular flexibility index (Phi) is 9.39. The highest BCUT2D eigenvalue weighted by Crippen LogP contribution is 2.34. The van der Waals surface area contributed by atoms with Crippen LogP contribution in [0.2, 0.25) is 5.02 Å². The van der Waals surface area contributed by atoms with Crippen LogP contribution in [0.3, 0.4) is 0 Å². The lowest BCUT2D eigenvalue weighted by molar-refractivity contribution is -0.142. The van der Waals surface area contributed by atoms with E-state index in [0.29, 0.717) is 43.5 Å². The number of amides is 2. The van der Waals surface area contributed by atoms with Crippen LogP contribution < -0.4 is 4.74 Å². The molecule has 0 N–H and O–H groups in total. The minimum atomic E-state index is -0.215. The van der Waals surface area contributed by atoms with Gasteiger partial charge in [-0.3, -0.25) is 9.59 Å². The molecule has 190 valence electrons. The van der Waals surface area contributed by atoms with Crippen LogP contribution in [0.4, 0.5) is 0 Å². The Morgan fingerprint density at radius 1 is 1.11 bits per heavy atom. The molecule has 0 saturated heterocycles. The van der Waals surface area contributed by atoms with E-state index in [9.17, 15) is 9.59 Å². The van der Waals surface area contributed by atoms with Gasteiger partial charge in [0.15, 0.2) is 0 Å². The van der Waals surface area contributed by atoms with Gasteiger partial charge in [0.2, 0.25) is 11.8 Å². The van der Waals surface area contributed by atoms with Crippen molar-refractivity contribution < 1.29 is 19.1 Å². The predicted octanol–water partition coefficient (Wildman–Crippen LogP) is 5.01. The zero-order valence-corrected chi connectivity index (χ0v) is 22.0. The molecule has 1 aromatic heterocycles. The number of hydrogen-bond donors (Lipinski definition) is 0. The lowest BCUT2D eigenvalue weighted by Crippen LogP contribution is -2.48. The van der Waals surface area contributed by atoms with Crippen molar-refractivity contribution >= 4 is 34.8 Å². The molecule has 0 radical (unpaired) electrons. The topological polar surface area (TPSA) is 59.1 Å². The van der Waals surface area contributed by atoms with Crippen LogP contribution in [0.15, 0.2) is 66.0 Å². The SMILES string of the molecule is COCCCN(CC(=O)N1CCc2sccc2C1COc1ccc(Cl)cc1)C(=O)Cc1ccccc1. The van der Waals surface area contributed by atoms with Gasteiger partial charge in [0.1, 0.15) is 12.4 Å². The fraction of sp³-hybridized carbons (Fsp3) is 0.357. The van der Waals surface area contributed by atoms with Gasteiger partial charge >= 0.3 is 0 Å². The van der Waals surface area contributed by atoms with Gasteiger partial charge in [0.25, 0.3) is 0 Å². The van der Waals surface area contributed by atoms with E-state index in [0.717, 1.165) is 17.5 Å². The van der Waals surface area contributed by atoms with Crippen molar-refractivity contribution in [1.82, 2.24) is 9.80 Å². The van der Waals surface area contributed by atoms with Crippen LogP contribution in [0.1, 0.15) is 28.5 Å². The summed E-state index contributed by atoms with van der Waals surface area (Å²) in [6.45, 7) is 1.96. The zero-order valence-electron chi connectivity index (χ0n) is 20.4. The third-order valence-corrected chi connectivity index (χ3v) is 7.54. The highest BCUT2D eigenvalue weighted by Gasteiger charge is 2.33. The van der Waals surface area contributed by atoms with Gasteiger partial charge in [-0.15, -0.1) is 11.3 Å². The summed E-state index contributed by atoms with van der Waals surface area (Å²) in [7, 11) is 1.64. The van der Waals surface area contributed by atoms with Gasteiger partial charge in [0, 0.05) is 36.7 Å². The van der Waals surface area contributed by atoms with Crippen LogP contribution in [-0.2, 0) is 27.2 Å². The van der Waals surface area contributed by atoms with Crippen molar-refractivity contribution in [2.24, 2.45) is 0 Å². The Morgan fingerprint density at radius 2 is 1.89 bits per heavy atom. The molecule has 0 saturated carbocycles. The summed E-state index contributed by atoms with van der Waals surface area (Å²) >= 11 is 7.71. The van der Waals surface area contributed by atoms with Gasteiger partial charge < -0.3 is 19.3 Å². The van der Waals surface area contributed by atoms with Crippen molar-refractivity contribution in [2.45, 2.75) is 25.3 Å². The Balaban J connectivity index is 1.47. The molecule has 0 aliphatic carbocycles. The van der Waals surface area contributed by atoms with Gasteiger partial charge in [-0.05, 0) is 59.7 Å². The Labute approximate surface area is 221 Å². The van der Waals surface area contributed by atoms with Gasteiger partial charge in [0.05, 0.1) is 19.0 Å². The number of hydrogen-bond acceptors (Lipinski definition) is 5. The van der Waals surface area contributed by atoms with Crippen LogP contribution >= 0.6 is 22.9 Å². The third kappa shape index (κ3) is 6.87. The number of carbonyl (C=O) groups excluding carboxylic acids is 2. The Bertz CT molecular complexity index is 1140. The number of fused-ring (bicyclic) bond motifs is 1. The number of rotatable bonds is 11. The molecule has 2 aromatic carbocycles. The average molecular weight is 527 g/mol. The summed E-state index contributed by atoms with van der Waals surface area (Å²) in [4.78, 5) is 31.6. The summed E-state index contributed by atoms with van der Waals surface area (Å²) in [5, 5.41) is 2.71. The minimum absolute atomic E-state index is 0.0340. The third-order valence-electron chi connectivity index (χ3n) is 6.29. The molecule has 36 heavy (non-hydrogen) atoms. The lowest BCUT2D eigenvalue weighted by Gasteiger charge is -2.37. The highest BCUT2D eigenvalue weighted by atomic mass is 35.5. The molecule has 1 atom stereocenters. The Hall–Kier alpha value is -2.87. The van der Waals surface area contributed by atoms with Gasteiger partial charge in [-0.2, -0.15) is 0 Å². The van der Waals surface area contributed by atoms with E-state index in [-0.39, 0.29) is 30.8 Å². The number of thiophene rings is 1. The van der Waals surface area contributed by atoms with Crippen LogP contribution in [0, 0.1) is 0 Å². The van der Waals surface area contributed by atoms with Crippen LogP contribution in [0.5, 0.6) is 5.75 Å². The van der Waals surface area contributed by atoms with E-state index in [1.807, 2.05) is 47.4 Å². The van der Waals surface area contributed by atoms with E-state index in [4.69, 9.17) is 21.1 Å². The first kappa shape index (κ1) is 26.2. The fourth-order valence-corrected chi connectivity index (χ4v) is 5.46. The molecule has 2 amide bonds. The first-order chi connectivity index (χ1) is 17.5. The summed E-state index contributed by atoms with van der Waals surface area (Å²) in [6.07, 6.45) is 1.73. The van der Waals surface area contributed by atoms with Gasteiger partial charge in [-0.25, -0.2) is 0 Å². The molecule has 8 heteroatoms. The fourth-order valence-electron chi connectivity index (χ4n) is 4.41. The standard InChI is InChI=1S/C28H31ClN2O4S/c1-34-16-5-14-30(27(32)18-21-6-3-2-4-7-21)19-28(33)31-15-12-26-24(13-17-36-26)25(31)20-35-23-10-8-22(29)9-11-23/h2-4,6-11,13,17,25H,5,12,14-16,18-20H2,1H3. The van der Waals surface area contributed by atoms with Crippen LogP contribution in [-0.4, -0.2) is 61.6 Å². The van der Waals surface area contributed by atoms with Crippen LogP contribution in [0.25, 0.3) is 0 Å². The maximum atomic E-state index is 13.6. The molecule has 1 aliphatic heterocycles. The molecule has 2 heterocycles. The molecule has 4 rings (SSSR count). The molecular weight excluding hydrogens is 496 g/mol. The van der Waals surface area contributed by atoms with Crippen molar-refractivity contribution in [3.05, 3.63) is 87.1 Å². The molecule has 1 unspecified atom stereocenters. The van der Waals surface area contributed by atoms with Crippen molar-refractivity contribution in [1.29, 1.82) is 0 Å². The monoisotopic (exact) mass is 526 g/mol. The zero-order chi connectivity index (χ0) is 25.3. The lowest BCUT2D eigenvalue weighted by atomic mass is 10.0. The van der Waals surface area contributed by atoms with E-state index >= 15 is 0 Å². The molecule has 6 nitrogen and oxygen atoms in total. The molecule has 1 aliphatic rings. The highest BCUT2D eigenvalue weighted by molar-refractivity contribution is 7.10. The van der Waals surface area contributed by atoms with E-state index in [2.05, 4.69) is 11.4 Å².